The summed E-state index contributed by atoms with van der Waals surface area (Å²) in [7, 11) is 1.68. The molecule has 0 bridgehead atoms. The second-order valence-corrected chi connectivity index (χ2v) is 5.01. The fourth-order valence-corrected chi connectivity index (χ4v) is 2.37. The van der Waals surface area contributed by atoms with Gasteiger partial charge in [-0.05, 0) is 32.7 Å². The maximum Gasteiger partial charge on any atom is 0.221 e. The second-order valence-electron chi connectivity index (χ2n) is 5.01. The second kappa shape index (κ2) is 8.48. The molecular weight excluding hydrogens is 214 g/mol. The van der Waals surface area contributed by atoms with Crippen LogP contribution in [0, 0.1) is 0 Å². The molecule has 1 rings (SSSR count). The molecule has 1 saturated heterocycles. The van der Waals surface area contributed by atoms with Crippen LogP contribution >= 0.6 is 0 Å². The Morgan fingerprint density at radius 2 is 2.24 bits per heavy atom. The maximum absolute atomic E-state index is 11.1. The van der Waals surface area contributed by atoms with E-state index < -0.39 is 0 Å². The summed E-state index contributed by atoms with van der Waals surface area (Å²) in [5.74, 6) is 0.109. The summed E-state index contributed by atoms with van der Waals surface area (Å²) in [4.78, 5) is 11.1. The molecule has 1 aliphatic heterocycles. The van der Waals surface area contributed by atoms with Crippen molar-refractivity contribution < 1.29 is 4.79 Å². The Hall–Kier alpha value is -0.610. The molecule has 17 heavy (non-hydrogen) atoms. The van der Waals surface area contributed by atoms with Gasteiger partial charge >= 0.3 is 0 Å². The van der Waals surface area contributed by atoms with Gasteiger partial charge in [0.2, 0.25) is 5.91 Å². The van der Waals surface area contributed by atoms with E-state index in [0.29, 0.717) is 18.5 Å². The van der Waals surface area contributed by atoms with E-state index in [1.807, 2.05) is 0 Å². The first kappa shape index (κ1) is 14.5. The standard InChI is InChI=1S/C13H27N3O/c1-11(15-9-7-13(17)14-2)10-12-6-4-3-5-8-16-12/h11-12,15-16H,3-10H2,1-2H3,(H,14,17). The Kier molecular flexibility index (Phi) is 7.21. The fourth-order valence-electron chi connectivity index (χ4n) is 2.37. The molecule has 0 aliphatic carbocycles. The SMILES string of the molecule is CNC(=O)CCNC(C)CC1CCCCCN1. The largest absolute Gasteiger partial charge is 0.359 e. The normalized spacial score (nSPS) is 22.8. The lowest BCUT2D eigenvalue weighted by Crippen LogP contribution is -2.38. The van der Waals surface area contributed by atoms with E-state index in [9.17, 15) is 4.79 Å². The summed E-state index contributed by atoms with van der Waals surface area (Å²) in [6.45, 7) is 4.14. The van der Waals surface area contributed by atoms with Gasteiger partial charge < -0.3 is 16.0 Å². The van der Waals surface area contributed by atoms with Crippen LogP contribution in [0.3, 0.4) is 0 Å². The van der Waals surface area contributed by atoms with Gasteiger partial charge in [-0.1, -0.05) is 12.8 Å². The number of rotatable bonds is 6. The molecule has 1 heterocycles. The Morgan fingerprint density at radius 3 is 3.00 bits per heavy atom. The average Bonchev–Trinajstić information content (AvgIpc) is 2.57. The molecule has 1 fully saturated rings. The van der Waals surface area contributed by atoms with Crippen molar-refractivity contribution in [2.75, 3.05) is 20.1 Å². The number of carbonyl (C=O) groups is 1. The van der Waals surface area contributed by atoms with Crippen molar-refractivity contribution in [3.8, 4) is 0 Å². The van der Waals surface area contributed by atoms with Crippen molar-refractivity contribution >= 4 is 5.91 Å². The molecular formula is C13H27N3O. The third-order valence-electron chi connectivity index (χ3n) is 3.42. The highest BCUT2D eigenvalue weighted by Gasteiger charge is 2.14. The molecule has 0 aromatic rings. The van der Waals surface area contributed by atoms with E-state index in [1.54, 1.807) is 7.05 Å². The average molecular weight is 241 g/mol. The van der Waals surface area contributed by atoms with Gasteiger partial charge in [-0.25, -0.2) is 0 Å². The zero-order chi connectivity index (χ0) is 12.5. The first-order chi connectivity index (χ1) is 8.22. The van der Waals surface area contributed by atoms with E-state index in [2.05, 4.69) is 22.9 Å². The van der Waals surface area contributed by atoms with Gasteiger partial charge in [-0.3, -0.25) is 4.79 Å². The molecule has 4 nitrogen and oxygen atoms in total. The van der Waals surface area contributed by atoms with E-state index in [4.69, 9.17) is 0 Å². The van der Waals surface area contributed by atoms with Crippen LogP contribution in [0.25, 0.3) is 0 Å². The maximum atomic E-state index is 11.1. The number of hydrogen-bond donors (Lipinski definition) is 3. The zero-order valence-electron chi connectivity index (χ0n) is 11.2. The molecule has 1 amide bonds. The molecule has 0 radical (unpaired) electrons. The Balaban J connectivity index is 2.10. The van der Waals surface area contributed by atoms with Gasteiger partial charge in [-0.2, -0.15) is 0 Å². The van der Waals surface area contributed by atoms with Gasteiger partial charge in [0, 0.05) is 32.1 Å². The van der Waals surface area contributed by atoms with Crippen LogP contribution in [-0.2, 0) is 4.79 Å². The fraction of sp³-hybridized carbons (Fsp3) is 0.923. The van der Waals surface area contributed by atoms with Crippen molar-refractivity contribution in [3.63, 3.8) is 0 Å². The number of carbonyl (C=O) groups excluding carboxylic acids is 1. The quantitative estimate of drug-likeness (QED) is 0.651. The smallest absolute Gasteiger partial charge is 0.221 e. The monoisotopic (exact) mass is 241 g/mol. The first-order valence-electron chi connectivity index (χ1n) is 6.89. The van der Waals surface area contributed by atoms with Crippen molar-refractivity contribution in [2.24, 2.45) is 0 Å². The van der Waals surface area contributed by atoms with E-state index >= 15 is 0 Å². The van der Waals surface area contributed by atoms with Crippen molar-refractivity contribution in [2.45, 2.75) is 57.5 Å². The highest BCUT2D eigenvalue weighted by molar-refractivity contribution is 5.75. The molecule has 0 saturated carbocycles. The Labute approximate surface area is 105 Å². The summed E-state index contributed by atoms with van der Waals surface area (Å²) < 4.78 is 0. The molecule has 0 aromatic carbocycles. The third kappa shape index (κ3) is 6.64. The van der Waals surface area contributed by atoms with Gasteiger partial charge in [0.05, 0.1) is 0 Å². The van der Waals surface area contributed by atoms with Crippen molar-refractivity contribution in [1.29, 1.82) is 0 Å². The molecule has 0 spiro atoms. The minimum atomic E-state index is 0.109. The lowest BCUT2D eigenvalue weighted by Gasteiger charge is -2.21. The minimum Gasteiger partial charge on any atom is -0.359 e. The van der Waals surface area contributed by atoms with Crippen LogP contribution in [-0.4, -0.2) is 38.1 Å². The summed E-state index contributed by atoms with van der Waals surface area (Å²) in [6, 6.07) is 1.13. The van der Waals surface area contributed by atoms with Crippen molar-refractivity contribution in [1.82, 2.24) is 16.0 Å². The number of hydrogen-bond acceptors (Lipinski definition) is 3. The molecule has 3 N–H and O–H groups in total. The third-order valence-corrected chi connectivity index (χ3v) is 3.42. The van der Waals surface area contributed by atoms with E-state index in [-0.39, 0.29) is 5.91 Å². The van der Waals surface area contributed by atoms with E-state index in [1.165, 1.54) is 25.7 Å². The lowest BCUT2D eigenvalue weighted by atomic mass is 10.0. The predicted octanol–water partition coefficient (Wildman–Crippen LogP) is 1.02. The molecule has 4 heteroatoms. The molecule has 0 aromatic heterocycles. The van der Waals surface area contributed by atoms with Gasteiger partial charge in [0.25, 0.3) is 0 Å². The van der Waals surface area contributed by atoms with Crippen LogP contribution in [0.5, 0.6) is 0 Å². The molecule has 2 atom stereocenters. The Bertz CT molecular complexity index is 213. The highest BCUT2D eigenvalue weighted by atomic mass is 16.1. The van der Waals surface area contributed by atoms with Crippen LogP contribution in [0.1, 0.15) is 45.4 Å². The summed E-state index contributed by atoms with van der Waals surface area (Å²) in [5, 5.41) is 9.66. The van der Waals surface area contributed by atoms with Gasteiger partial charge in [0.1, 0.15) is 0 Å². The minimum absolute atomic E-state index is 0.109. The Morgan fingerprint density at radius 1 is 1.41 bits per heavy atom. The molecule has 1 aliphatic rings. The summed E-state index contributed by atoms with van der Waals surface area (Å²) >= 11 is 0. The first-order valence-corrected chi connectivity index (χ1v) is 6.89. The number of nitrogens with one attached hydrogen (secondary N) is 3. The molecule has 2 unspecified atom stereocenters. The number of amides is 1. The van der Waals surface area contributed by atoms with Gasteiger partial charge in [-0.15, -0.1) is 0 Å². The van der Waals surface area contributed by atoms with Crippen molar-refractivity contribution in [3.05, 3.63) is 0 Å². The zero-order valence-corrected chi connectivity index (χ0v) is 11.2. The predicted molar refractivity (Wildman–Crippen MR) is 71.0 cm³/mol. The molecule has 100 valence electrons. The topological polar surface area (TPSA) is 53.2 Å². The summed E-state index contributed by atoms with van der Waals surface area (Å²) in [5.41, 5.74) is 0. The summed E-state index contributed by atoms with van der Waals surface area (Å²) in [6.07, 6.45) is 7.05. The van der Waals surface area contributed by atoms with Crippen LogP contribution in [0.4, 0.5) is 0 Å². The van der Waals surface area contributed by atoms with Crippen LogP contribution in [0.2, 0.25) is 0 Å². The van der Waals surface area contributed by atoms with Crippen LogP contribution < -0.4 is 16.0 Å². The van der Waals surface area contributed by atoms with E-state index in [0.717, 1.165) is 19.5 Å². The van der Waals surface area contributed by atoms with Crippen LogP contribution in [0.15, 0.2) is 0 Å². The van der Waals surface area contributed by atoms with Gasteiger partial charge in [0.15, 0.2) is 0 Å². The highest BCUT2D eigenvalue weighted by Crippen LogP contribution is 2.12. The lowest BCUT2D eigenvalue weighted by molar-refractivity contribution is -0.120.